The predicted molar refractivity (Wildman–Crippen MR) is 117 cm³/mol. The van der Waals surface area contributed by atoms with Crippen LogP contribution in [-0.2, 0) is 10.2 Å². The summed E-state index contributed by atoms with van der Waals surface area (Å²) in [4.78, 5) is 11.3. The summed E-state index contributed by atoms with van der Waals surface area (Å²) in [5, 5.41) is 13.3. The molecular weight excluding hydrogens is 380 g/mol. The first-order valence-corrected chi connectivity index (χ1v) is 11.5. The van der Waals surface area contributed by atoms with Gasteiger partial charge in [-0.15, -0.1) is 0 Å². The Kier molecular flexibility index (Phi) is 5.88. The average Bonchev–Trinajstić information content (AvgIpc) is 3.15. The molecule has 0 bridgehead atoms. The lowest BCUT2D eigenvalue weighted by Crippen LogP contribution is -2.52. The van der Waals surface area contributed by atoms with Crippen LogP contribution in [0.15, 0.2) is 12.1 Å². The summed E-state index contributed by atoms with van der Waals surface area (Å²) < 4.78 is 11.1. The van der Waals surface area contributed by atoms with Gasteiger partial charge in [0.15, 0.2) is 11.5 Å². The van der Waals surface area contributed by atoms with Gasteiger partial charge in [-0.25, -0.2) is 0 Å². The number of aliphatic carboxylic acids is 1. The molecule has 3 unspecified atom stereocenters. The van der Waals surface area contributed by atoms with E-state index in [1.807, 2.05) is 6.07 Å². The van der Waals surface area contributed by atoms with Crippen molar-refractivity contribution >= 4 is 11.7 Å². The molecule has 2 saturated carbocycles. The van der Waals surface area contributed by atoms with Gasteiger partial charge in [0, 0.05) is 23.8 Å². The monoisotopic (exact) mass is 416 g/mol. The number of anilines is 1. The number of nitrogens with two attached hydrogens (primary N) is 1. The van der Waals surface area contributed by atoms with Crippen molar-refractivity contribution in [2.24, 2.45) is 17.8 Å². The van der Waals surface area contributed by atoms with Gasteiger partial charge in [-0.2, -0.15) is 0 Å². The maximum absolute atomic E-state index is 11.3. The van der Waals surface area contributed by atoms with Gasteiger partial charge in [0.2, 0.25) is 6.79 Å². The Morgan fingerprint density at radius 2 is 1.83 bits per heavy atom. The minimum Gasteiger partial charge on any atom is -0.481 e. The van der Waals surface area contributed by atoms with Crippen LogP contribution in [0.4, 0.5) is 5.69 Å². The van der Waals surface area contributed by atoms with E-state index in [2.05, 4.69) is 32.2 Å². The Morgan fingerprint density at radius 3 is 2.47 bits per heavy atom. The highest BCUT2D eigenvalue weighted by Gasteiger charge is 2.42. The Hall–Kier alpha value is -1.95. The molecule has 4 rings (SSSR count). The van der Waals surface area contributed by atoms with E-state index in [-0.39, 0.29) is 18.1 Å². The van der Waals surface area contributed by atoms with Crippen molar-refractivity contribution in [1.29, 1.82) is 0 Å². The fraction of sp³-hybridized carbons (Fsp3) is 0.708. The van der Waals surface area contributed by atoms with Crippen LogP contribution < -0.4 is 20.5 Å². The first kappa shape index (κ1) is 21.3. The van der Waals surface area contributed by atoms with Gasteiger partial charge < -0.3 is 25.6 Å². The van der Waals surface area contributed by atoms with Gasteiger partial charge in [-0.1, -0.05) is 20.8 Å². The molecule has 3 atom stereocenters. The smallest absolute Gasteiger partial charge is 0.306 e. The molecule has 1 aliphatic heterocycles. The minimum atomic E-state index is -0.642. The molecule has 1 heterocycles. The quantitative estimate of drug-likeness (QED) is 0.619. The van der Waals surface area contributed by atoms with Gasteiger partial charge in [0.05, 0.1) is 5.92 Å². The molecule has 0 saturated heterocycles. The number of nitrogens with one attached hydrogen (secondary N) is 1. The average molecular weight is 417 g/mol. The summed E-state index contributed by atoms with van der Waals surface area (Å²) in [5.41, 5.74) is 8.39. The molecule has 0 spiro atoms. The van der Waals surface area contributed by atoms with E-state index >= 15 is 0 Å². The zero-order chi connectivity index (χ0) is 21.5. The van der Waals surface area contributed by atoms with Gasteiger partial charge in [-0.3, -0.25) is 4.79 Å². The van der Waals surface area contributed by atoms with Gasteiger partial charge in [-0.05, 0) is 73.8 Å². The summed E-state index contributed by atoms with van der Waals surface area (Å²) in [6, 6.07) is 4.80. The summed E-state index contributed by atoms with van der Waals surface area (Å²) in [6.07, 6.45) is 6.73. The molecule has 4 N–H and O–H groups in total. The summed E-state index contributed by atoms with van der Waals surface area (Å²) >= 11 is 0. The SMILES string of the molecule is CC(C)C1CCC(C)(c2cc3c(cc2N)OCO3)CC1NC1CCC(C(=O)O)CC1. The van der Waals surface area contributed by atoms with Crippen molar-refractivity contribution in [1.82, 2.24) is 5.32 Å². The summed E-state index contributed by atoms with van der Waals surface area (Å²) in [5.74, 6) is 1.94. The van der Waals surface area contributed by atoms with E-state index in [1.165, 1.54) is 0 Å². The largest absolute Gasteiger partial charge is 0.481 e. The maximum atomic E-state index is 11.3. The molecule has 3 aliphatic rings. The van der Waals surface area contributed by atoms with Crippen LogP contribution in [0.5, 0.6) is 11.5 Å². The van der Waals surface area contributed by atoms with E-state index in [9.17, 15) is 9.90 Å². The van der Waals surface area contributed by atoms with E-state index in [0.29, 0.717) is 23.9 Å². The fourth-order valence-corrected chi connectivity index (χ4v) is 5.94. The number of benzene rings is 1. The van der Waals surface area contributed by atoms with Crippen LogP contribution in [0.3, 0.4) is 0 Å². The Balaban J connectivity index is 1.51. The molecule has 1 aromatic rings. The zero-order valence-electron chi connectivity index (χ0n) is 18.4. The van der Waals surface area contributed by atoms with E-state index in [0.717, 1.165) is 67.7 Å². The number of hydrogen-bond acceptors (Lipinski definition) is 5. The molecule has 166 valence electrons. The normalized spacial score (nSPS) is 33.6. The molecule has 1 aromatic carbocycles. The van der Waals surface area contributed by atoms with Crippen molar-refractivity contribution in [2.45, 2.75) is 83.2 Å². The third-order valence-corrected chi connectivity index (χ3v) is 7.79. The van der Waals surface area contributed by atoms with Crippen LogP contribution in [0.2, 0.25) is 0 Å². The Labute approximate surface area is 179 Å². The molecule has 0 radical (unpaired) electrons. The first-order valence-electron chi connectivity index (χ1n) is 11.5. The van der Waals surface area contributed by atoms with Crippen molar-refractivity contribution in [3.63, 3.8) is 0 Å². The second kappa shape index (κ2) is 8.29. The molecule has 6 heteroatoms. The van der Waals surface area contributed by atoms with Crippen LogP contribution in [0.25, 0.3) is 0 Å². The van der Waals surface area contributed by atoms with Crippen LogP contribution in [-0.4, -0.2) is 30.0 Å². The first-order chi connectivity index (χ1) is 14.3. The van der Waals surface area contributed by atoms with Crippen molar-refractivity contribution in [2.75, 3.05) is 12.5 Å². The third kappa shape index (κ3) is 4.11. The van der Waals surface area contributed by atoms with Crippen LogP contribution in [0.1, 0.15) is 71.3 Å². The molecule has 2 aliphatic carbocycles. The number of nitrogen functional groups attached to an aromatic ring is 1. The third-order valence-electron chi connectivity index (χ3n) is 7.79. The lowest BCUT2D eigenvalue weighted by molar-refractivity contribution is -0.142. The number of carboxylic acids is 1. The number of carbonyl (C=O) groups is 1. The van der Waals surface area contributed by atoms with Crippen LogP contribution >= 0.6 is 0 Å². The number of hydrogen-bond donors (Lipinski definition) is 3. The van der Waals surface area contributed by atoms with E-state index in [4.69, 9.17) is 15.2 Å². The van der Waals surface area contributed by atoms with E-state index < -0.39 is 5.97 Å². The number of fused-ring (bicyclic) bond motifs is 1. The second-order valence-corrected chi connectivity index (χ2v) is 10.2. The molecule has 0 aromatic heterocycles. The van der Waals surface area contributed by atoms with Crippen molar-refractivity contribution < 1.29 is 19.4 Å². The highest BCUT2D eigenvalue weighted by Crippen LogP contribution is 2.48. The molecular formula is C24H36N2O4. The zero-order valence-corrected chi connectivity index (χ0v) is 18.4. The Bertz CT molecular complexity index is 788. The standard InChI is InChI=1S/C24H36N2O4/c1-14(2)17-8-9-24(3,18-10-21-22(11-19(18)25)30-13-29-21)12-20(17)26-16-6-4-15(5-7-16)23(27)28/h10-11,14-17,20,26H,4-9,12-13,25H2,1-3H3,(H,27,28). The Morgan fingerprint density at radius 1 is 1.17 bits per heavy atom. The number of rotatable bonds is 5. The molecule has 0 amide bonds. The number of ether oxygens (including phenoxy) is 2. The molecule has 30 heavy (non-hydrogen) atoms. The molecule has 2 fully saturated rings. The maximum Gasteiger partial charge on any atom is 0.306 e. The van der Waals surface area contributed by atoms with E-state index in [1.54, 1.807) is 0 Å². The topological polar surface area (TPSA) is 93.8 Å². The van der Waals surface area contributed by atoms with Crippen molar-refractivity contribution in [3.05, 3.63) is 17.7 Å². The highest BCUT2D eigenvalue weighted by molar-refractivity contribution is 5.70. The lowest BCUT2D eigenvalue weighted by Gasteiger charge is -2.47. The van der Waals surface area contributed by atoms with Crippen LogP contribution in [0, 0.1) is 17.8 Å². The second-order valence-electron chi connectivity index (χ2n) is 10.2. The lowest BCUT2D eigenvalue weighted by atomic mass is 9.63. The summed E-state index contributed by atoms with van der Waals surface area (Å²) in [6.45, 7) is 7.22. The number of carboxylic acid groups (broad SMARTS) is 1. The van der Waals surface area contributed by atoms with Gasteiger partial charge in [0.1, 0.15) is 0 Å². The predicted octanol–water partition coefficient (Wildman–Crippen LogP) is 4.31. The summed E-state index contributed by atoms with van der Waals surface area (Å²) in [7, 11) is 0. The fourth-order valence-electron chi connectivity index (χ4n) is 5.94. The van der Waals surface area contributed by atoms with Gasteiger partial charge >= 0.3 is 5.97 Å². The molecule has 6 nitrogen and oxygen atoms in total. The minimum absolute atomic E-state index is 0.0214. The van der Waals surface area contributed by atoms with Gasteiger partial charge in [0.25, 0.3) is 0 Å². The highest BCUT2D eigenvalue weighted by atomic mass is 16.7. The van der Waals surface area contributed by atoms with Crippen molar-refractivity contribution in [3.8, 4) is 11.5 Å².